The van der Waals surface area contributed by atoms with Crippen LogP contribution >= 0.6 is 0 Å². The average molecular weight is 267 g/mol. The van der Waals surface area contributed by atoms with E-state index in [0.29, 0.717) is 30.9 Å². The zero-order chi connectivity index (χ0) is 13.7. The molecular weight excluding hydrogens is 238 g/mol. The number of carbonyl (C=O) groups excluding carboxylic acids is 1. The van der Waals surface area contributed by atoms with E-state index in [0.717, 1.165) is 19.6 Å². The van der Waals surface area contributed by atoms with E-state index < -0.39 is 0 Å². The van der Waals surface area contributed by atoms with Crippen molar-refractivity contribution < 1.29 is 9.53 Å². The van der Waals surface area contributed by atoms with Crippen LogP contribution in [0.1, 0.15) is 52.4 Å². The van der Waals surface area contributed by atoms with Crippen LogP contribution in [-0.4, -0.2) is 43.0 Å². The van der Waals surface area contributed by atoms with Gasteiger partial charge in [0.1, 0.15) is 0 Å². The number of nitrogens with zero attached hydrogens (tertiary/aromatic N) is 1. The number of carbonyl (C=O) groups is 1. The highest BCUT2D eigenvalue weighted by Gasteiger charge is 2.29. The van der Waals surface area contributed by atoms with Crippen molar-refractivity contribution in [3.05, 3.63) is 0 Å². The molecule has 1 saturated heterocycles. The molecule has 1 heterocycles. The van der Waals surface area contributed by atoms with Crippen LogP contribution < -0.4 is 0 Å². The van der Waals surface area contributed by atoms with E-state index >= 15 is 0 Å². The van der Waals surface area contributed by atoms with Crippen LogP contribution in [0.2, 0.25) is 0 Å². The van der Waals surface area contributed by atoms with Gasteiger partial charge in [0.2, 0.25) is 0 Å². The Morgan fingerprint density at radius 1 is 1.26 bits per heavy atom. The lowest BCUT2D eigenvalue weighted by atomic mass is 10.0. The van der Waals surface area contributed by atoms with Gasteiger partial charge in [-0.1, -0.05) is 26.7 Å². The smallest absolute Gasteiger partial charge is 0.152 e. The molecule has 0 aromatic rings. The van der Waals surface area contributed by atoms with Crippen LogP contribution in [0.5, 0.6) is 0 Å². The Bertz CT molecular complexity index is 278. The summed E-state index contributed by atoms with van der Waals surface area (Å²) in [5.41, 5.74) is 0. The van der Waals surface area contributed by atoms with Crippen LogP contribution in [0.3, 0.4) is 0 Å². The summed E-state index contributed by atoms with van der Waals surface area (Å²) in [6.07, 6.45) is 7.37. The highest BCUT2D eigenvalue weighted by atomic mass is 16.5. The monoisotopic (exact) mass is 267 g/mol. The van der Waals surface area contributed by atoms with Gasteiger partial charge in [-0.2, -0.15) is 0 Å². The molecule has 1 atom stereocenters. The molecule has 2 rings (SSSR count). The first-order valence-electron chi connectivity index (χ1n) is 8.01. The summed E-state index contributed by atoms with van der Waals surface area (Å²) in [6.45, 7) is 7.69. The molecule has 0 N–H and O–H groups in total. The third-order valence-electron chi connectivity index (χ3n) is 4.58. The lowest BCUT2D eigenvalue weighted by molar-refractivity contribution is -0.124. The Hall–Kier alpha value is -0.410. The van der Waals surface area contributed by atoms with Gasteiger partial charge >= 0.3 is 0 Å². The summed E-state index contributed by atoms with van der Waals surface area (Å²) in [5.74, 6) is 1.30. The SMILES string of the molecule is CC(C)CCN(CC(=O)C1CCOC1)C1CCCC1. The molecule has 1 aliphatic heterocycles. The van der Waals surface area contributed by atoms with Crippen molar-refractivity contribution in [2.45, 2.75) is 58.4 Å². The largest absolute Gasteiger partial charge is 0.381 e. The molecule has 0 bridgehead atoms. The summed E-state index contributed by atoms with van der Waals surface area (Å²) < 4.78 is 5.34. The fourth-order valence-electron chi connectivity index (χ4n) is 3.20. The molecule has 0 amide bonds. The van der Waals surface area contributed by atoms with Gasteiger partial charge in [-0.15, -0.1) is 0 Å². The minimum atomic E-state index is 0.169. The first-order chi connectivity index (χ1) is 9.16. The zero-order valence-electron chi connectivity index (χ0n) is 12.6. The predicted molar refractivity (Wildman–Crippen MR) is 77.2 cm³/mol. The van der Waals surface area contributed by atoms with Crippen LogP contribution in [0.25, 0.3) is 0 Å². The van der Waals surface area contributed by atoms with Gasteiger partial charge in [0.25, 0.3) is 0 Å². The second-order valence-corrected chi connectivity index (χ2v) is 6.62. The molecule has 1 saturated carbocycles. The highest BCUT2D eigenvalue weighted by Crippen LogP contribution is 2.25. The van der Waals surface area contributed by atoms with E-state index in [-0.39, 0.29) is 5.92 Å². The molecule has 19 heavy (non-hydrogen) atoms. The van der Waals surface area contributed by atoms with Crippen molar-refractivity contribution in [2.24, 2.45) is 11.8 Å². The van der Waals surface area contributed by atoms with Gasteiger partial charge < -0.3 is 4.74 Å². The minimum absolute atomic E-state index is 0.169. The van der Waals surface area contributed by atoms with Crippen LogP contribution in [0.4, 0.5) is 0 Å². The number of hydrogen-bond donors (Lipinski definition) is 0. The van der Waals surface area contributed by atoms with Crippen LogP contribution in [0, 0.1) is 11.8 Å². The molecule has 0 aromatic heterocycles. The van der Waals surface area contributed by atoms with Gasteiger partial charge in [0, 0.05) is 18.6 Å². The third-order valence-corrected chi connectivity index (χ3v) is 4.58. The van der Waals surface area contributed by atoms with Gasteiger partial charge in [0.05, 0.1) is 13.2 Å². The van der Waals surface area contributed by atoms with Crippen molar-refractivity contribution in [2.75, 3.05) is 26.3 Å². The summed E-state index contributed by atoms with van der Waals surface area (Å²) in [4.78, 5) is 14.8. The quantitative estimate of drug-likeness (QED) is 0.710. The molecule has 1 aliphatic carbocycles. The lowest BCUT2D eigenvalue weighted by Crippen LogP contribution is -2.40. The lowest BCUT2D eigenvalue weighted by Gasteiger charge is -2.29. The average Bonchev–Trinajstić information content (AvgIpc) is 3.05. The Kier molecular flexibility index (Phi) is 5.83. The van der Waals surface area contributed by atoms with Crippen molar-refractivity contribution in [3.63, 3.8) is 0 Å². The molecule has 0 aromatic carbocycles. The maximum Gasteiger partial charge on any atom is 0.152 e. The van der Waals surface area contributed by atoms with E-state index in [2.05, 4.69) is 18.7 Å². The molecule has 0 radical (unpaired) electrons. The molecule has 3 heteroatoms. The minimum Gasteiger partial charge on any atom is -0.381 e. The van der Waals surface area contributed by atoms with Crippen molar-refractivity contribution in [1.82, 2.24) is 4.90 Å². The number of hydrogen-bond acceptors (Lipinski definition) is 3. The molecule has 2 fully saturated rings. The van der Waals surface area contributed by atoms with Gasteiger partial charge in [-0.3, -0.25) is 9.69 Å². The van der Waals surface area contributed by atoms with Gasteiger partial charge in [-0.05, 0) is 38.1 Å². The summed E-state index contributed by atoms with van der Waals surface area (Å²) in [7, 11) is 0. The Balaban J connectivity index is 1.86. The molecule has 0 spiro atoms. The second kappa shape index (κ2) is 7.39. The van der Waals surface area contributed by atoms with E-state index in [4.69, 9.17) is 4.74 Å². The zero-order valence-corrected chi connectivity index (χ0v) is 12.6. The number of rotatable bonds is 7. The van der Waals surface area contributed by atoms with Crippen LogP contribution in [0.15, 0.2) is 0 Å². The van der Waals surface area contributed by atoms with Gasteiger partial charge in [0.15, 0.2) is 5.78 Å². The van der Waals surface area contributed by atoms with Crippen molar-refractivity contribution >= 4 is 5.78 Å². The molecule has 2 aliphatic rings. The van der Waals surface area contributed by atoms with E-state index in [1.807, 2.05) is 0 Å². The second-order valence-electron chi connectivity index (χ2n) is 6.62. The third kappa shape index (κ3) is 4.57. The highest BCUT2D eigenvalue weighted by molar-refractivity contribution is 5.83. The maximum absolute atomic E-state index is 12.3. The standard InChI is InChI=1S/C16H29NO2/c1-13(2)7-9-17(15-5-3-4-6-15)11-16(18)14-8-10-19-12-14/h13-15H,3-12H2,1-2H3. The first-order valence-corrected chi connectivity index (χ1v) is 8.01. The Morgan fingerprint density at radius 3 is 2.58 bits per heavy atom. The normalized spacial score (nSPS) is 24.7. The molecule has 110 valence electrons. The van der Waals surface area contributed by atoms with Crippen molar-refractivity contribution in [3.8, 4) is 0 Å². The van der Waals surface area contributed by atoms with Crippen LogP contribution in [-0.2, 0) is 9.53 Å². The summed E-state index contributed by atoms with van der Waals surface area (Å²) >= 11 is 0. The van der Waals surface area contributed by atoms with E-state index in [9.17, 15) is 4.79 Å². The Labute approximate surface area is 117 Å². The number of Topliss-reactive ketones (excluding diaryl/α,β-unsaturated/α-hetero) is 1. The van der Waals surface area contributed by atoms with Gasteiger partial charge in [-0.25, -0.2) is 0 Å². The number of ether oxygens (including phenoxy) is 1. The fraction of sp³-hybridized carbons (Fsp3) is 0.938. The summed E-state index contributed by atoms with van der Waals surface area (Å²) in [5, 5.41) is 0. The fourth-order valence-corrected chi connectivity index (χ4v) is 3.20. The first kappa shape index (κ1) is 15.0. The summed E-state index contributed by atoms with van der Waals surface area (Å²) in [6, 6.07) is 0.657. The molecule has 3 nitrogen and oxygen atoms in total. The maximum atomic E-state index is 12.3. The van der Waals surface area contributed by atoms with E-state index in [1.165, 1.54) is 32.1 Å². The predicted octanol–water partition coefficient (Wildman–Crippen LogP) is 2.88. The Morgan fingerprint density at radius 2 is 2.00 bits per heavy atom. The molecule has 1 unspecified atom stereocenters. The topological polar surface area (TPSA) is 29.5 Å². The number of ketones is 1. The van der Waals surface area contributed by atoms with Crippen molar-refractivity contribution in [1.29, 1.82) is 0 Å². The van der Waals surface area contributed by atoms with E-state index in [1.54, 1.807) is 0 Å². The molecular formula is C16H29NO2.